The molecule has 18 heavy (non-hydrogen) atoms. The molecule has 2 heterocycles. The van der Waals surface area contributed by atoms with Crippen LogP contribution in [0.2, 0.25) is 0 Å². The van der Waals surface area contributed by atoms with Gasteiger partial charge in [0.1, 0.15) is 17.8 Å². The van der Waals surface area contributed by atoms with Gasteiger partial charge in [-0.1, -0.05) is 0 Å². The van der Waals surface area contributed by atoms with Crippen molar-refractivity contribution in [1.29, 1.82) is 0 Å². The number of rotatable bonds is 3. The predicted octanol–water partition coefficient (Wildman–Crippen LogP) is -1.72. The molecule has 7 nitrogen and oxygen atoms in total. The van der Waals surface area contributed by atoms with Crippen molar-refractivity contribution in [3.63, 3.8) is 0 Å². The van der Waals surface area contributed by atoms with Gasteiger partial charge in [0, 0.05) is 6.07 Å². The average molecular weight is 256 g/mol. The van der Waals surface area contributed by atoms with E-state index < -0.39 is 37.1 Å². The summed E-state index contributed by atoms with van der Waals surface area (Å²) in [7, 11) is 0. The highest BCUT2D eigenvalue weighted by atomic mass is 16.6. The van der Waals surface area contributed by atoms with Gasteiger partial charge < -0.3 is 25.2 Å². The molecule has 0 spiro atoms. The van der Waals surface area contributed by atoms with Crippen LogP contribution < -0.4 is 4.57 Å². The Balaban J connectivity index is 2.27. The van der Waals surface area contributed by atoms with Gasteiger partial charge in [0.05, 0.1) is 6.61 Å². The minimum absolute atomic E-state index is 0.0373. The zero-order chi connectivity index (χ0) is 13.3. The quantitative estimate of drug-likeness (QED) is 0.479. The van der Waals surface area contributed by atoms with Crippen LogP contribution in [-0.2, 0) is 4.74 Å². The van der Waals surface area contributed by atoms with Crippen molar-refractivity contribution >= 4 is 5.97 Å². The number of carboxylic acids is 1. The summed E-state index contributed by atoms with van der Waals surface area (Å²) in [6.07, 6.45) is -1.42. The van der Waals surface area contributed by atoms with E-state index in [0.29, 0.717) is 0 Å². The van der Waals surface area contributed by atoms with Gasteiger partial charge in [0.15, 0.2) is 18.5 Å². The number of ether oxygens (including phenoxy) is 1. The monoisotopic (exact) mass is 256 g/mol. The molecule has 98 valence electrons. The van der Waals surface area contributed by atoms with Crippen molar-refractivity contribution < 1.29 is 34.5 Å². The van der Waals surface area contributed by atoms with E-state index in [1.165, 1.54) is 29.1 Å². The highest BCUT2D eigenvalue weighted by molar-refractivity contribution is 5.86. The average Bonchev–Trinajstić information content (AvgIpc) is 2.66. The number of aromatic carboxylic acids is 1. The second kappa shape index (κ2) is 4.99. The molecule has 0 amide bonds. The van der Waals surface area contributed by atoms with Crippen LogP contribution in [0.4, 0.5) is 0 Å². The maximum atomic E-state index is 10.8. The highest BCUT2D eigenvalue weighted by Crippen LogP contribution is 2.24. The number of nitrogens with zero attached hydrogens (tertiary/aromatic N) is 1. The van der Waals surface area contributed by atoms with Crippen LogP contribution >= 0.6 is 0 Å². The summed E-state index contributed by atoms with van der Waals surface area (Å²) in [5, 5.41) is 37.2. The molecule has 1 aliphatic heterocycles. The molecule has 1 aromatic rings. The van der Waals surface area contributed by atoms with E-state index in [4.69, 9.17) is 14.9 Å². The summed E-state index contributed by atoms with van der Waals surface area (Å²) in [4.78, 5) is 10.8. The van der Waals surface area contributed by atoms with Gasteiger partial charge in [0.2, 0.25) is 0 Å². The molecule has 2 rings (SSSR count). The van der Waals surface area contributed by atoms with Crippen molar-refractivity contribution in [2.24, 2.45) is 0 Å². The summed E-state index contributed by atoms with van der Waals surface area (Å²) < 4.78 is 6.63. The fourth-order valence-electron chi connectivity index (χ4n) is 1.90. The van der Waals surface area contributed by atoms with E-state index in [2.05, 4.69) is 0 Å². The van der Waals surface area contributed by atoms with E-state index in [-0.39, 0.29) is 5.56 Å². The van der Waals surface area contributed by atoms with E-state index in [1.54, 1.807) is 0 Å². The van der Waals surface area contributed by atoms with E-state index in [9.17, 15) is 15.0 Å². The first-order chi connectivity index (χ1) is 8.54. The predicted molar refractivity (Wildman–Crippen MR) is 56.6 cm³/mol. The van der Waals surface area contributed by atoms with Crippen LogP contribution in [-0.4, -0.2) is 51.3 Å². The summed E-state index contributed by atoms with van der Waals surface area (Å²) in [6, 6.07) is 2.90. The first-order valence-electron chi connectivity index (χ1n) is 5.41. The molecule has 1 aliphatic rings. The highest BCUT2D eigenvalue weighted by Gasteiger charge is 2.47. The maximum absolute atomic E-state index is 10.8. The number of aliphatic hydroxyl groups excluding tert-OH is 3. The van der Waals surface area contributed by atoms with E-state index >= 15 is 0 Å². The number of aliphatic hydroxyl groups is 3. The van der Waals surface area contributed by atoms with Crippen LogP contribution in [0.1, 0.15) is 16.6 Å². The fourth-order valence-corrected chi connectivity index (χ4v) is 1.90. The maximum Gasteiger partial charge on any atom is 0.341 e. The number of hydrogen-bond acceptors (Lipinski definition) is 5. The molecule has 1 saturated heterocycles. The minimum Gasteiger partial charge on any atom is -0.477 e. The van der Waals surface area contributed by atoms with Gasteiger partial charge in [-0.25, -0.2) is 4.79 Å². The number of pyridine rings is 1. The largest absolute Gasteiger partial charge is 0.477 e. The normalized spacial score (nSPS) is 31.5. The van der Waals surface area contributed by atoms with Crippen LogP contribution in [0, 0.1) is 0 Å². The first-order valence-corrected chi connectivity index (χ1v) is 5.41. The van der Waals surface area contributed by atoms with Crippen LogP contribution in [0.15, 0.2) is 24.5 Å². The molecule has 0 bridgehead atoms. The molecule has 1 fully saturated rings. The zero-order valence-electron chi connectivity index (χ0n) is 9.38. The van der Waals surface area contributed by atoms with Gasteiger partial charge in [-0.3, -0.25) is 0 Å². The topological polar surface area (TPSA) is 111 Å². The van der Waals surface area contributed by atoms with Gasteiger partial charge in [-0.05, 0) is 6.07 Å². The Morgan fingerprint density at radius 2 is 2.11 bits per heavy atom. The Morgan fingerprint density at radius 3 is 2.67 bits per heavy atom. The Labute approximate surface area is 102 Å². The fraction of sp³-hybridized carbons (Fsp3) is 0.455. The Bertz CT molecular complexity index is 451. The lowest BCUT2D eigenvalue weighted by Gasteiger charge is -2.09. The molecule has 4 atom stereocenters. The van der Waals surface area contributed by atoms with Gasteiger partial charge in [-0.15, -0.1) is 0 Å². The Morgan fingerprint density at radius 1 is 1.39 bits per heavy atom. The number of hydrogen-bond donors (Lipinski definition) is 4. The lowest BCUT2D eigenvalue weighted by atomic mass is 10.1. The van der Waals surface area contributed by atoms with E-state index in [1.807, 2.05) is 0 Å². The van der Waals surface area contributed by atoms with Crippen molar-refractivity contribution in [2.45, 2.75) is 24.5 Å². The third-order valence-corrected chi connectivity index (χ3v) is 2.88. The summed E-state index contributed by atoms with van der Waals surface area (Å²) >= 11 is 0. The molecule has 0 aromatic carbocycles. The van der Waals surface area contributed by atoms with E-state index in [0.717, 1.165) is 0 Å². The van der Waals surface area contributed by atoms with Gasteiger partial charge in [-0.2, -0.15) is 4.57 Å². The van der Waals surface area contributed by atoms with Crippen molar-refractivity contribution in [2.75, 3.05) is 6.61 Å². The number of carbonyl (C=O) groups is 1. The second-order valence-electron chi connectivity index (χ2n) is 4.07. The van der Waals surface area contributed by atoms with Gasteiger partial charge in [0.25, 0.3) is 6.23 Å². The first kappa shape index (κ1) is 12.9. The third kappa shape index (κ3) is 2.21. The molecule has 0 radical (unpaired) electrons. The Kier molecular flexibility index (Phi) is 3.58. The second-order valence-corrected chi connectivity index (χ2v) is 4.07. The van der Waals surface area contributed by atoms with Crippen LogP contribution in [0.3, 0.4) is 0 Å². The molecule has 2 unspecified atom stereocenters. The molecule has 1 aromatic heterocycles. The van der Waals surface area contributed by atoms with Crippen LogP contribution in [0.5, 0.6) is 0 Å². The molecule has 4 N–H and O–H groups in total. The summed E-state index contributed by atoms with van der Waals surface area (Å²) in [5.41, 5.74) is 0.0373. The molecule has 0 saturated carbocycles. The van der Waals surface area contributed by atoms with Crippen LogP contribution in [0.25, 0.3) is 0 Å². The SMILES string of the molecule is O=C(O)c1ccc[n+]([C@@H]2O[C@H](CO)C(O)C2O)c1. The minimum atomic E-state index is -1.23. The standard InChI is InChI=1S/C11H13NO6/c13-5-7-8(14)9(15)10(18-7)12-3-1-2-6(4-12)11(16)17/h1-4,7-10,13-15H,5H2/p+1/t7-,8?,9?,10-/m1/s1. The zero-order valence-corrected chi connectivity index (χ0v) is 9.38. The Hall–Kier alpha value is -1.54. The third-order valence-electron chi connectivity index (χ3n) is 2.88. The number of aromatic nitrogens is 1. The molecular formula is C11H14NO6+. The molecule has 7 heteroatoms. The summed E-state index contributed by atoms with van der Waals surface area (Å²) in [5.74, 6) is -1.10. The lowest BCUT2D eigenvalue weighted by Crippen LogP contribution is -2.46. The van der Waals surface area contributed by atoms with Crippen molar-refractivity contribution in [3.8, 4) is 0 Å². The smallest absolute Gasteiger partial charge is 0.341 e. The van der Waals surface area contributed by atoms with Crippen molar-refractivity contribution in [1.82, 2.24) is 0 Å². The lowest BCUT2D eigenvalue weighted by molar-refractivity contribution is -0.765. The summed E-state index contributed by atoms with van der Waals surface area (Å²) in [6.45, 7) is -0.423. The molecular weight excluding hydrogens is 242 g/mol. The van der Waals surface area contributed by atoms with Gasteiger partial charge >= 0.3 is 5.97 Å². The molecule has 0 aliphatic carbocycles. The number of carboxylic acid groups (broad SMARTS) is 1. The van der Waals surface area contributed by atoms with Crippen molar-refractivity contribution in [3.05, 3.63) is 30.1 Å².